The minimum atomic E-state index is -0.567. The van der Waals surface area contributed by atoms with E-state index in [4.69, 9.17) is 11.6 Å². The van der Waals surface area contributed by atoms with Crippen molar-refractivity contribution >= 4 is 56.5 Å². The molecule has 2 aromatic heterocycles. The summed E-state index contributed by atoms with van der Waals surface area (Å²) in [7, 11) is 0. The number of carbonyl (C=O) groups excluding carboxylic acids is 1. The van der Waals surface area contributed by atoms with E-state index in [2.05, 4.69) is 10.3 Å². The van der Waals surface area contributed by atoms with Crippen LogP contribution in [0.3, 0.4) is 0 Å². The molecule has 24 heavy (non-hydrogen) atoms. The number of amides is 1. The van der Waals surface area contributed by atoms with Crippen LogP contribution in [-0.2, 0) is 11.3 Å². The first-order valence-electron chi connectivity index (χ1n) is 6.76. The highest BCUT2D eigenvalue weighted by Crippen LogP contribution is 2.21. The molecule has 2 heterocycles. The predicted molar refractivity (Wildman–Crippen MR) is 95.7 cm³/mol. The zero-order valence-corrected chi connectivity index (χ0v) is 14.8. The lowest BCUT2D eigenvalue weighted by molar-refractivity contribution is -0.116. The molecule has 3 rings (SSSR count). The van der Waals surface area contributed by atoms with Crippen molar-refractivity contribution in [1.29, 1.82) is 0 Å². The number of benzene rings is 1. The van der Waals surface area contributed by atoms with E-state index in [-0.39, 0.29) is 17.1 Å². The average molecular weight is 384 g/mol. The van der Waals surface area contributed by atoms with Crippen molar-refractivity contribution in [1.82, 2.24) is 9.55 Å². The Morgan fingerprint density at radius 3 is 2.96 bits per heavy atom. The number of hydrogen-bond acceptors (Lipinski definition) is 5. The second-order valence-electron chi connectivity index (χ2n) is 4.80. The van der Waals surface area contributed by atoms with Crippen molar-refractivity contribution < 1.29 is 9.18 Å². The molecule has 0 saturated heterocycles. The Hall–Kier alpha value is -1.90. The maximum Gasteiger partial charge on any atom is 0.272 e. The van der Waals surface area contributed by atoms with Gasteiger partial charge in [-0.25, -0.2) is 9.37 Å². The van der Waals surface area contributed by atoms with Gasteiger partial charge in [-0.2, -0.15) is 0 Å². The number of halogens is 2. The molecule has 0 aliphatic heterocycles. The Balaban J connectivity index is 1.88. The number of thiophene rings is 1. The van der Waals surface area contributed by atoms with Crippen LogP contribution in [0.15, 0.2) is 39.6 Å². The standard InChI is InChI=1S/C15H11ClFN3O2S2/c1-23-15-19-11-4-5-24-13(11)14(22)20(15)7-12(21)18-8-2-3-10(17)9(16)6-8/h2-6H,7H2,1H3,(H,18,21). The minimum absolute atomic E-state index is 0.0866. The molecule has 3 aromatic rings. The van der Waals surface area contributed by atoms with Gasteiger partial charge in [-0.3, -0.25) is 14.2 Å². The van der Waals surface area contributed by atoms with Crippen LogP contribution < -0.4 is 10.9 Å². The first-order valence-corrected chi connectivity index (χ1v) is 9.25. The molecular weight excluding hydrogens is 373 g/mol. The minimum Gasteiger partial charge on any atom is -0.324 e. The maximum atomic E-state index is 13.2. The Bertz CT molecular complexity index is 986. The highest BCUT2D eigenvalue weighted by molar-refractivity contribution is 7.98. The topological polar surface area (TPSA) is 64.0 Å². The van der Waals surface area contributed by atoms with Crippen LogP contribution in [0.1, 0.15) is 0 Å². The summed E-state index contributed by atoms with van der Waals surface area (Å²) in [5.74, 6) is -0.990. The van der Waals surface area contributed by atoms with Gasteiger partial charge in [0.2, 0.25) is 5.91 Å². The lowest BCUT2D eigenvalue weighted by Crippen LogP contribution is -2.29. The summed E-state index contributed by atoms with van der Waals surface area (Å²) in [4.78, 5) is 29.1. The number of anilines is 1. The second kappa shape index (κ2) is 6.92. The van der Waals surface area contributed by atoms with Crippen LogP contribution in [0.4, 0.5) is 10.1 Å². The fourth-order valence-electron chi connectivity index (χ4n) is 2.14. The molecule has 0 atom stereocenters. The molecule has 1 N–H and O–H groups in total. The van der Waals surface area contributed by atoms with Gasteiger partial charge in [0.15, 0.2) is 5.16 Å². The predicted octanol–water partition coefficient (Wildman–Crippen LogP) is 3.61. The number of hydrogen-bond donors (Lipinski definition) is 1. The first-order chi connectivity index (χ1) is 11.5. The summed E-state index contributed by atoms with van der Waals surface area (Å²) in [6, 6.07) is 5.65. The summed E-state index contributed by atoms with van der Waals surface area (Å²) >= 11 is 8.26. The Morgan fingerprint density at radius 1 is 1.46 bits per heavy atom. The Kier molecular flexibility index (Phi) is 4.88. The van der Waals surface area contributed by atoms with Gasteiger partial charge < -0.3 is 5.32 Å². The van der Waals surface area contributed by atoms with E-state index in [0.717, 1.165) is 6.07 Å². The van der Waals surface area contributed by atoms with Crippen molar-refractivity contribution in [2.75, 3.05) is 11.6 Å². The van der Waals surface area contributed by atoms with Crippen LogP contribution in [0.5, 0.6) is 0 Å². The number of fused-ring (bicyclic) bond motifs is 1. The van der Waals surface area contributed by atoms with E-state index >= 15 is 0 Å². The lowest BCUT2D eigenvalue weighted by Gasteiger charge is -2.11. The van der Waals surface area contributed by atoms with Crippen LogP contribution in [0.2, 0.25) is 5.02 Å². The molecule has 0 aliphatic rings. The molecular formula is C15H11ClFN3O2S2. The zero-order chi connectivity index (χ0) is 17.3. The third kappa shape index (κ3) is 3.31. The fourth-order valence-corrected chi connectivity index (χ4v) is 3.65. The SMILES string of the molecule is CSc1nc2ccsc2c(=O)n1CC(=O)Nc1ccc(F)c(Cl)c1. The van der Waals surface area contributed by atoms with Gasteiger partial charge in [0, 0.05) is 5.69 Å². The van der Waals surface area contributed by atoms with Gasteiger partial charge in [0.1, 0.15) is 17.1 Å². The average Bonchev–Trinajstić information content (AvgIpc) is 3.02. The molecule has 0 saturated carbocycles. The van der Waals surface area contributed by atoms with Crippen LogP contribution >= 0.6 is 34.7 Å². The van der Waals surface area contributed by atoms with Crippen molar-refractivity contribution in [2.45, 2.75) is 11.7 Å². The summed E-state index contributed by atoms with van der Waals surface area (Å²) in [5.41, 5.74) is 0.721. The summed E-state index contributed by atoms with van der Waals surface area (Å²) in [5, 5.41) is 4.75. The number of carbonyl (C=O) groups is 1. The molecule has 1 aromatic carbocycles. The molecule has 0 aliphatic carbocycles. The van der Waals surface area contributed by atoms with Crippen molar-refractivity contribution in [2.24, 2.45) is 0 Å². The van der Waals surface area contributed by atoms with E-state index in [1.165, 1.54) is 39.8 Å². The highest BCUT2D eigenvalue weighted by Gasteiger charge is 2.15. The van der Waals surface area contributed by atoms with Gasteiger partial charge in [0.25, 0.3) is 5.56 Å². The largest absolute Gasteiger partial charge is 0.324 e. The number of rotatable bonds is 4. The third-order valence-corrected chi connectivity index (χ3v) is 5.08. The van der Waals surface area contributed by atoms with E-state index in [9.17, 15) is 14.0 Å². The molecule has 0 unspecified atom stereocenters. The molecule has 9 heteroatoms. The van der Waals surface area contributed by atoms with E-state index < -0.39 is 11.7 Å². The van der Waals surface area contributed by atoms with Crippen molar-refractivity contribution in [3.63, 3.8) is 0 Å². The molecule has 1 amide bonds. The second-order valence-corrected chi connectivity index (χ2v) is 6.90. The highest BCUT2D eigenvalue weighted by atomic mass is 35.5. The Morgan fingerprint density at radius 2 is 2.25 bits per heavy atom. The molecule has 5 nitrogen and oxygen atoms in total. The third-order valence-electron chi connectivity index (χ3n) is 3.22. The van der Waals surface area contributed by atoms with Gasteiger partial charge >= 0.3 is 0 Å². The lowest BCUT2D eigenvalue weighted by atomic mass is 10.3. The van der Waals surface area contributed by atoms with Gasteiger partial charge in [-0.1, -0.05) is 23.4 Å². The molecule has 0 bridgehead atoms. The molecule has 0 spiro atoms. The van der Waals surface area contributed by atoms with E-state index in [1.807, 2.05) is 0 Å². The fraction of sp³-hybridized carbons (Fsp3) is 0.133. The summed E-state index contributed by atoms with van der Waals surface area (Å²) < 4.78 is 15.0. The van der Waals surface area contributed by atoms with Gasteiger partial charge in [-0.05, 0) is 35.9 Å². The molecule has 124 valence electrons. The van der Waals surface area contributed by atoms with Gasteiger partial charge in [-0.15, -0.1) is 11.3 Å². The van der Waals surface area contributed by atoms with Crippen molar-refractivity contribution in [3.8, 4) is 0 Å². The maximum absolute atomic E-state index is 13.2. The summed E-state index contributed by atoms with van der Waals surface area (Å²) in [6.45, 7) is -0.190. The molecule has 0 radical (unpaired) electrons. The first kappa shape index (κ1) is 16.9. The van der Waals surface area contributed by atoms with E-state index in [1.54, 1.807) is 17.7 Å². The quantitative estimate of drug-likeness (QED) is 0.552. The number of nitrogens with zero attached hydrogens (tertiary/aromatic N) is 2. The van der Waals surface area contributed by atoms with Crippen LogP contribution in [0, 0.1) is 5.82 Å². The number of aromatic nitrogens is 2. The van der Waals surface area contributed by atoms with Crippen LogP contribution in [-0.4, -0.2) is 21.7 Å². The Labute approximate surface area is 149 Å². The normalized spacial score (nSPS) is 11.0. The molecule has 0 fully saturated rings. The monoisotopic (exact) mass is 383 g/mol. The smallest absolute Gasteiger partial charge is 0.272 e. The van der Waals surface area contributed by atoms with E-state index in [0.29, 0.717) is 21.1 Å². The number of nitrogens with one attached hydrogen (secondary N) is 1. The van der Waals surface area contributed by atoms with Crippen LogP contribution in [0.25, 0.3) is 10.2 Å². The number of thioether (sulfide) groups is 1. The summed E-state index contributed by atoms with van der Waals surface area (Å²) in [6.07, 6.45) is 1.79. The van der Waals surface area contributed by atoms with Gasteiger partial charge in [0.05, 0.1) is 10.5 Å². The zero-order valence-electron chi connectivity index (χ0n) is 12.4. The van der Waals surface area contributed by atoms with Crippen molar-refractivity contribution in [3.05, 3.63) is 50.8 Å².